The van der Waals surface area contributed by atoms with Gasteiger partial charge in [-0.1, -0.05) is 46.3 Å². The Hall–Kier alpha value is -1.86. The van der Waals surface area contributed by atoms with Gasteiger partial charge in [-0.05, 0) is 49.7 Å². The summed E-state index contributed by atoms with van der Waals surface area (Å²) >= 11 is 3.73. The fourth-order valence-electron chi connectivity index (χ4n) is 4.68. The maximum atomic E-state index is 13.2. The van der Waals surface area contributed by atoms with Crippen LogP contribution in [0, 0.1) is 5.41 Å². The Morgan fingerprint density at radius 1 is 1.28 bits per heavy atom. The van der Waals surface area contributed by atoms with E-state index >= 15 is 0 Å². The van der Waals surface area contributed by atoms with Crippen LogP contribution >= 0.6 is 15.9 Å². The van der Waals surface area contributed by atoms with Gasteiger partial charge in [0.15, 0.2) is 5.78 Å². The van der Waals surface area contributed by atoms with Gasteiger partial charge in [-0.2, -0.15) is 0 Å². The number of hydrazine groups is 1. The SMILES string of the molecule is CC(C)N1NCC2=C1C(=O)C(Br)C1(CCN(C(=O)OCc3ccccc3)CC1)C2. The van der Waals surface area contributed by atoms with Crippen LogP contribution in [0.1, 0.15) is 38.7 Å². The van der Waals surface area contributed by atoms with Crippen molar-refractivity contribution >= 4 is 27.8 Å². The van der Waals surface area contributed by atoms with Crippen molar-refractivity contribution in [3.05, 3.63) is 47.2 Å². The zero-order valence-corrected chi connectivity index (χ0v) is 18.6. The van der Waals surface area contributed by atoms with Crippen molar-refractivity contribution < 1.29 is 14.3 Å². The summed E-state index contributed by atoms with van der Waals surface area (Å²) in [5, 5.41) is 2.01. The highest BCUT2D eigenvalue weighted by molar-refractivity contribution is 9.10. The fraction of sp³-hybridized carbons (Fsp3) is 0.545. The lowest BCUT2D eigenvalue weighted by Crippen LogP contribution is -2.52. The Morgan fingerprint density at radius 3 is 2.62 bits per heavy atom. The molecule has 2 heterocycles. The Morgan fingerprint density at radius 2 is 1.97 bits per heavy atom. The molecule has 0 bridgehead atoms. The molecule has 0 saturated carbocycles. The number of Topliss-reactive ketones (excluding diaryl/α,β-unsaturated/α-hetero) is 1. The van der Waals surface area contributed by atoms with Crippen LogP contribution in [0.15, 0.2) is 41.6 Å². The van der Waals surface area contributed by atoms with E-state index in [0.29, 0.717) is 13.1 Å². The summed E-state index contributed by atoms with van der Waals surface area (Å²) in [6.45, 7) is 6.43. The second kappa shape index (κ2) is 8.11. The molecule has 7 heteroatoms. The molecule has 1 atom stereocenters. The molecule has 1 amide bonds. The lowest BCUT2D eigenvalue weighted by Gasteiger charge is -2.46. The van der Waals surface area contributed by atoms with E-state index in [4.69, 9.17) is 4.74 Å². The summed E-state index contributed by atoms with van der Waals surface area (Å²) in [6.07, 6.45) is 2.22. The molecule has 1 unspecified atom stereocenters. The molecule has 156 valence electrons. The number of nitrogens with zero attached hydrogens (tertiary/aromatic N) is 2. The van der Waals surface area contributed by atoms with Crippen molar-refractivity contribution in [3.63, 3.8) is 0 Å². The minimum atomic E-state index is -0.273. The average Bonchev–Trinajstić information content (AvgIpc) is 3.15. The minimum absolute atomic E-state index is 0.124. The first kappa shape index (κ1) is 20.4. The molecule has 1 aromatic rings. The summed E-state index contributed by atoms with van der Waals surface area (Å²) in [5.41, 5.74) is 6.27. The summed E-state index contributed by atoms with van der Waals surface area (Å²) in [6, 6.07) is 9.95. The van der Waals surface area contributed by atoms with E-state index in [1.165, 1.54) is 5.57 Å². The monoisotopic (exact) mass is 461 g/mol. The summed E-state index contributed by atoms with van der Waals surface area (Å²) in [4.78, 5) is 27.2. The minimum Gasteiger partial charge on any atom is -0.445 e. The van der Waals surface area contributed by atoms with E-state index in [1.54, 1.807) is 4.90 Å². The Kier molecular flexibility index (Phi) is 5.71. The number of allylic oxidation sites excluding steroid dienone is 1. The smallest absolute Gasteiger partial charge is 0.410 e. The average molecular weight is 462 g/mol. The van der Waals surface area contributed by atoms with Crippen molar-refractivity contribution in [3.8, 4) is 0 Å². The molecule has 0 aromatic heterocycles. The van der Waals surface area contributed by atoms with Gasteiger partial charge in [0.2, 0.25) is 0 Å². The number of likely N-dealkylation sites (tertiary alicyclic amines) is 1. The van der Waals surface area contributed by atoms with Crippen molar-refractivity contribution in [1.82, 2.24) is 15.3 Å². The van der Waals surface area contributed by atoms with Gasteiger partial charge in [0.05, 0.1) is 10.5 Å². The second-order valence-corrected chi connectivity index (χ2v) is 9.46. The number of piperidine rings is 1. The number of amides is 1. The third-order valence-electron chi connectivity index (χ3n) is 6.34. The van der Waals surface area contributed by atoms with Crippen LogP contribution < -0.4 is 5.43 Å². The van der Waals surface area contributed by atoms with E-state index in [2.05, 4.69) is 35.2 Å². The number of ether oxygens (including phenoxy) is 1. The first-order valence-corrected chi connectivity index (χ1v) is 11.2. The van der Waals surface area contributed by atoms with Crippen molar-refractivity contribution in [1.29, 1.82) is 0 Å². The van der Waals surface area contributed by atoms with Gasteiger partial charge < -0.3 is 14.6 Å². The van der Waals surface area contributed by atoms with Gasteiger partial charge >= 0.3 is 6.09 Å². The van der Waals surface area contributed by atoms with Crippen LogP contribution in [0.25, 0.3) is 0 Å². The maximum Gasteiger partial charge on any atom is 0.410 e. The van der Waals surface area contributed by atoms with Gasteiger partial charge in [0, 0.05) is 25.7 Å². The Bertz CT molecular complexity index is 816. The zero-order chi connectivity index (χ0) is 20.6. The van der Waals surface area contributed by atoms with Crippen LogP contribution in [0.2, 0.25) is 0 Å². The maximum absolute atomic E-state index is 13.2. The lowest BCUT2D eigenvalue weighted by atomic mass is 9.67. The van der Waals surface area contributed by atoms with Crippen LogP contribution in [-0.2, 0) is 16.1 Å². The van der Waals surface area contributed by atoms with Crippen LogP contribution in [-0.4, -0.2) is 52.3 Å². The lowest BCUT2D eigenvalue weighted by molar-refractivity contribution is -0.120. The first-order valence-electron chi connectivity index (χ1n) is 10.3. The van der Waals surface area contributed by atoms with Gasteiger partial charge in [-0.15, -0.1) is 0 Å². The summed E-state index contributed by atoms with van der Waals surface area (Å²) in [7, 11) is 0. The highest BCUT2D eigenvalue weighted by Crippen LogP contribution is 2.50. The molecule has 2 aliphatic heterocycles. The number of rotatable bonds is 3. The van der Waals surface area contributed by atoms with Crippen LogP contribution in [0.4, 0.5) is 4.79 Å². The normalized spacial score (nSPS) is 23.7. The summed E-state index contributed by atoms with van der Waals surface area (Å²) in [5.74, 6) is 0.171. The molecule has 1 saturated heterocycles. The number of carbonyl (C=O) groups excluding carboxylic acids is 2. The van der Waals surface area contributed by atoms with Crippen LogP contribution in [0.3, 0.4) is 0 Å². The van der Waals surface area contributed by atoms with E-state index in [1.807, 2.05) is 35.3 Å². The van der Waals surface area contributed by atoms with E-state index in [-0.39, 0.29) is 34.8 Å². The number of alkyl halides is 1. The predicted molar refractivity (Wildman–Crippen MR) is 114 cm³/mol. The molecule has 1 aliphatic carbocycles. The molecule has 0 radical (unpaired) electrons. The van der Waals surface area contributed by atoms with Gasteiger partial charge in [-0.3, -0.25) is 4.79 Å². The van der Waals surface area contributed by atoms with Crippen molar-refractivity contribution in [2.24, 2.45) is 5.41 Å². The van der Waals surface area contributed by atoms with Crippen molar-refractivity contribution in [2.75, 3.05) is 19.6 Å². The molecular weight excluding hydrogens is 434 g/mol. The van der Waals surface area contributed by atoms with Gasteiger partial charge in [0.25, 0.3) is 0 Å². The summed E-state index contributed by atoms with van der Waals surface area (Å²) < 4.78 is 5.48. The number of carbonyl (C=O) groups is 2. The number of halogens is 1. The topological polar surface area (TPSA) is 61.9 Å². The molecule has 1 spiro atoms. The fourth-order valence-corrected chi connectivity index (χ4v) is 5.52. The number of hydrogen-bond acceptors (Lipinski definition) is 5. The first-order chi connectivity index (χ1) is 13.9. The third kappa shape index (κ3) is 3.82. The second-order valence-electron chi connectivity index (χ2n) is 8.54. The largest absolute Gasteiger partial charge is 0.445 e. The van der Waals surface area contributed by atoms with Crippen LogP contribution in [0.5, 0.6) is 0 Å². The third-order valence-corrected chi connectivity index (χ3v) is 7.73. The highest BCUT2D eigenvalue weighted by atomic mass is 79.9. The number of nitrogens with one attached hydrogen (secondary N) is 1. The highest BCUT2D eigenvalue weighted by Gasteiger charge is 2.51. The van der Waals surface area contributed by atoms with E-state index in [0.717, 1.165) is 37.1 Å². The van der Waals surface area contributed by atoms with E-state index < -0.39 is 0 Å². The molecule has 1 fully saturated rings. The molecule has 1 N–H and O–H groups in total. The molecule has 6 nitrogen and oxygen atoms in total. The molecular formula is C22H28BrN3O3. The Balaban J connectivity index is 1.39. The van der Waals surface area contributed by atoms with Gasteiger partial charge in [0.1, 0.15) is 6.61 Å². The number of hydrogen-bond donors (Lipinski definition) is 1. The quantitative estimate of drug-likeness (QED) is 0.696. The molecule has 4 rings (SSSR count). The van der Waals surface area contributed by atoms with E-state index in [9.17, 15) is 9.59 Å². The molecule has 29 heavy (non-hydrogen) atoms. The standard InChI is InChI=1S/C22H28BrN3O3/c1-15(2)26-18-17(13-24-26)12-22(20(23)19(18)27)8-10-25(11-9-22)21(28)29-14-16-6-4-3-5-7-16/h3-7,15,20,24H,8-14H2,1-2H3. The molecule has 1 aromatic carbocycles. The zero-order valence-electron chi connectivity index (χ0n) is 17.0. The Labute approximate surface area is 180 Å². The predicted octanol–water partition coefficient (Wildman–Crippen LogP) is 3.62. The van der Waals surface area contributed by atoms with Crippen molar-refractivity contribution in [2.45, 2.75) is 50.6 Å². The number of benzene rings is 1. The molecule has 3 aliphatic rings. The van der Waals surface area contributed by atoms with Gasteiger partial charge in [-0.25, -0.2) is 10.2 Å². The number of ketones is 1.